The summed E-state index contributed by atoms with van der Waals surface area (Å²) < 4.78 is 28.0. The molecule has 1 aromatic heterocycles. The molecular weight excluding hydrogens is 292 g/mol. The standard InChI is InChI=1S/C14H24N2O2S2/c1-4-8-15-10-12-13(7-9-19-12)20(17,18)16-14(2,3)11-5-6-11/h7,9,11,15-16H,4-6,8,10H2,1-3H3. The van der Waals surface area contributed by atoms with Crippen molar-refractivity contribution in [2.24, 2.45) is 5.92 Å². The first-order chi connectivity index (χ1) is 9.37. The van der Waals surface area contributed by atoms with Gasteiger partial charge in [-0.1, -0.05) is 6.92 Å². The van der Waals surface area contributed by atoms with Crippen LogP contribution in [0.2, 0.25) is 0 Å². The summed E-state index contributed by atoms with van der Waals surface area (Å²) in [6, 6.07) is 1.71. The second kappa shape index (κ2) is 6.13. The van der Waals surface area contributed by atoms with E-state index in [9.17, 15) is 8.42 Å². The molecule has 20 heavy (non-hydrogen) atoms. The molecule has 1 heterocycles. The van der Waals surface area contributed by atoms with Crippen molar-refractivity contribution in [3.63, 3.8) is 0 Å². The first kappa shape index (κ1) is 15.9. The van der Waals surface area contributed by atoms with Gasteiger partial charge in [0, 0.05) is 17.0 Å². The molecule has 0 atom stereocenters. The molecule has 0 radical (unpaired) electrons. The summed E-state index contributed by atoms with van der Waals surface area (Å²) >= 11 is 1.50. The van der Waals surface area contributed by atoms with Crippen LogP contribution in [-0.2, 0) is 16.6 Å². The fraction of sp³-hybridized carbons (Fsp3) is 0.714. The van der Waals surface area contributed by atoms with Crippen LogP contribution in [0.15, 0.2) is 16.3 Å². The van der Waals surface area contributed by atoms with E-state index in [4.69, 9.17) is 0 Å². The lowest BCUT2D eigenvalue weighted by Crippen LogP contribution is -2.45. The van der Waals surface area contributed by atoms with Gasteiger partial charge in [0.1, 0.15) is 0 Å². The van der Waals surface area contributed by atoms with Crippen molar-refractivity contribution >= 4 is 21.4 Å². The molecule has 0 aromatic carbocycles. The van der Waals surface area contributed by atoms with Crippen molar-refractivity contribution in [3.05, 3.63) is 16.3 Å². The topological polar surface area (TPSA) is 58.2 Å². The molecular formula is C14H24N2O2S2. The molecule has 2 rings (SSSR count). The smallest absolute Gasteiger partial charge is 0.242 e. The van der Waals surface area contributed by atoms with E-state index in [1.807, 2.05) is 19.2 Å². The summed E-state index contributed by atoms with van der Waals surface area (Å²) in [5, 5.41) is 5.11. The third-order valence-electron chi connectivity index (χ3n) is 3.70. The Morgan fingerprint density at radius 1 is 1.40 bits per heavy atom. The number of thiophene rings is 1. The first-order valence-electron chi connectivity index (χ1n) is 7.18. The van der Waals surface area contributed by atoms with Crippen molar-refractivity contribution < 1.29 is 8.42 Å². The molecule has 2 N–H and O–H groups in total. The summed E-state index contributed by atoms with van der Waals surface area (Å²) in [5.41, 5.74) is -0.352. The highest BCUT2D eigenvalue weighted by atomic mass is 32.2. The number of hydrogen-bond donors (Lipinski definition) is 2. The SMILES string of the molecule is CCCNCc1sccc1S(=O)(=O)NC(C)(C)C1CC1. The van der Waals surface area contributed by atoms with Crippen molar-refractivity contribution in [2.75, 3.05) is 6.54 Å². The molecule has 0 amide bonds. The average Bonchev–Trinajstić information content (AvgIpc) is 3.09. The van der Waals surface area contributed by atoms with Gasteiger partial charge < -0.3 is 5.32 Å². The molecule has 1 saturated carbocycles. The lowest BCUT2D eigenvalue weighted by molar-refractivity contribution is 0.400. The third-order valence-corrected chi connectivity index (χ3v) is 6.51. The van der Waals surface area contributed by atoms with Gasteiger partial charge in [0.15, 0.2) is 0 Å². The Bertz CT molecular complexity index is 545. The van der Waals surface area contributed by atoms with E-state index >= 15 is 0 Å². The van der Waals surface area contributed by atoms with Crippen LogP contribution in [0, 0.1) is 5.92 Å². The Morgan fingerprint density at radius 3 is 2.70 bits per heavy atom. The van der Waals surface area contributed by atoms with Gasteiger partial charge in [-0.15, -0.1) is 11.3 Å². The number of sulfonamides is 1. The molecule has 4 nitrogen and oxygen atoms in total. The van der Waals surface area contributed by atoms with Crippen LogP contribution >= 0.6 is 11.3 Å². The Hall–Kier alpha value is -0.430. The van der Waals surface area contributed by atoms with Crippen LogP contribution in [0.5, 0.6) is 0 Å². The van der Waals surface area contributed by atoms with Gasteiger partial charge in [-0.05, 0) is 57.0 Å². The lowest BCUT2D eigenvalue weighted by atomic mass is 10.0. The van der Waals surface area contributed by atoms with E-state index in [0.29, 0.717) is 17.4 Å². The fourth-order valence-electron chi connectivity index (χ4n) is 2.37. The molecule has 0 bridgehead atoms. The Labute approximate surface area is 126 Å². The maximum absolute atomic E-state index is 12.6. The monoisotopic (exact) mass is 316 g/mol. The molecule has 1 aliphatic rings. The van der Waals surface area contributed by atoms with Crippen LogP contribution in [0.25, 0.3) is 0 Å². The maximum Gasteiger partial charge on any atom is 0.242 e. The predicted octanol–water partition coefficient (Wildman–Crippen LogP) is 2.71. The van der Waals surface area contributed by atoms with Gasteiger partial charge in [-0.2, -0.15) is 0 Å². The second-order valence-corrected chi connectivity index (χ2v) is 8.64. The predicted molar refractivity (Wildman–Crippen MR) is 83.4 cm³/mol. The zero-order valence-electron chi connectivity index (χ0n) is 12.4. The quantitative estimate of drug-likeness (QED) is 0.725. The first-order valence-corrected chi connectivity index (χ1v) is 9.54. The Kier molecular flexibility index (Phi) is 4.89. The van der Waals surface area contributed by atoms with Crippen molar-refractivity contribution in [3.8, 4) is 0 Å². The largest absolute Gasteiger partial charge is 0.312 e. The minimum Gasteiger partial charge on any atom is -0.312 e. The number of hydrogen-bond acceptors (Lipinski definition) is 4. The molecule has 0 spiro atoms. The molecule has 1 fully saturated rings. The van der Waals surface area contributed by atoms with Gasteiger partial charge >= 0.3 is 0 Å². The zero-order valence-corrected chi connectivity index (χ0v) is 14.0. The number of nitrogens with one attached hydrogen (secondary N) is 2. The van der Waals surface area contributed by atoms with Gasteiger partial charge in [0.2, 0.25) is 10.0 Å². The molecule has 6 heteroatoms. The molecule has 0 aliphatic heterocycles. The highest BCUT2D eigenvalue weighted by molar-refractivity contribution is 7.89. The van der Waals surface area contributed by atoms with E-state index in [0.717, 1.165) is 30.7 Å². The van der Waals surface area contributed by atoms with Crippen LogP contribution in [0.4, 0.5) is 0 Å². The van der Waals surface area contributed by atoms with Crippen molar-refractivity contribution in [1.82, 2.24) is 10.0 Å². The van der Waals surface area contributed by atoms with Crippen LogP contribution < -0.4 is 10.0 Å². The second-order valence-electron chi connectivity index (χ2n) is 5.99. The van der Waals surface area contributed by atoms with Gasteiger partial charge in [-0.25, -0.2) is 13.1 Å². The minimum absolute atomic E-state index is 0.352. The highest BCUT2D eigenvalue weighted by Crippen LogP contribution is 2.40. The van der Waals surface area contributed by atoms with Crippen LogP contribution in [-0.4, -0.2) is 20.5 Å². The Balaban J connectivity index is 2.11. The minimum atomic E-state index is -3.43. The maximum atomic E-state index is 12.6. The van der Waals surface area contributed by atoms with Gasteiger partial charge in [-0.3, -0.25) is 0 Å². The lowest BCUT2D eigenvalue weighted by Gasteiger charge is -2.25. The van der Waals surface area contributed by atoms with Crippen molar-refractivity contribution in [1.29, 1.82) is 0 Å². The molecule has 0 unspecified atom stereocenters. The van der Waals surface area contributed by atoms with E-state index in [-0.39, 0.29) is 5.54 Å². The summed E-state index contributed by atoms with van der Waals surface area (Å²) in [7, 11) is -3.43. The normalized spacial score (nSPS) is 16.6. The van der Waals surface area contributed by atoms with Gasteiger partial charge in [0.25, 0.3) is 0 Å². The van der Waals surface area contributed by atoms with Crippen molar-refractivity contribution in [2.45, 2.75) is 57.0 Å². The average molecular weight is 316 g/mol. The van der Waals surface area contributed by atoms with Crippen LogP contribution in [0.3, 0.4) is 0 Å². The summed E-state index contributed by atoms with van der Waals surface area (Å²) in [5.74, 6) is 0.470. The Morgan fingerprint density at radius 2 is 2.10 bits per heavy atom. The van der Waals surface area contributed by atoms with E-state index in [1.54, 1.807) is 6.07 Å². The highest BCUT2D eigenvalue weighted by Gasteiger charge is 2.41. The summed E-state index contributed by atoms with van der Waals surface area (Å²) in [6.45, 7) is 7.57. The van der Waals surface area contributed by atoms with Crippen LogP contribution in [0.1, 0.15) is 44.9 Å². The molecule has 0 saturated heterocycles. The fourth-order valence-corrected chi connectivity index (χ4v) is 5.25. The molecule has 1 aliphatic carbocycles. The van der Waals surface area contributed by atoms with E-state index < -0.39 is 10.0 Å². The third kappa shape index (κ3) is 3.81. The van der Waals surface area contributed by atoms with Gasteiger partial charge in [0.05, 0.1) is 4.90 Å². The van der Waals surface area contributed by atoms with E-state index in [2.05, 4.69) is 17.0 Å². The molecule has 1 aromatic rings. The zero-order chi connectivity index (χ0) is 14.8. The molecule has 114 valence electrons. The summed E-state index contributed by atoms with van der Waals surface area (Å²) in [4.78, 5) is 1.32. The van der Waals surface area contributed by atoms with E-state index in [1.165, 1.54) is 11.3 Å². The summed E-state index contributed by atoms with van der Waals surface area (Å²) in [6.07, 6.45) is 3.27. The number of rotatable bonds is 8.